The molecule has 1 aliphatic heterocycles. The summed E-state index contributed by atoms with van der Waals surface area (Å²) in [6.45, 7) is 0.866. The third-order valence-electron chi connectivity index (χ3n) is 4.16. The predicted molar refractivity (Wildman–Crippen MR) is 85.3 cm³/mol. The number of benzene rings is 1. The average Bonchev–Trinajstić information content (AvgIpc) is 2.47. The fourth-order valence-electron chi connectivity index (χ4n) is 2.94. The highest BCUT2D eigenvalue weighted by molar-refractivity contribution is 8.14. The molecule has 2 aliphatic rings. The number of anilines is 1. The molecule has 0 aromatic heterocycles. The number of amidine groups is 1. The molecule has 0 radical (unpaired) electrons. The highest BCUT2D eigenvalue weighted by Gasteiger charge is 2.34. The van der Waals surface area contributed by atoms with Crippen LogP contribution in [0.1, 0.15) is 32.1 Å². The first kappa shape index (κ1) is 14.2. The standard InChI is InChI=1S/C15H18ClFN2S/c16-11-4-5-12(17)13(8-11)19-14-18-9-15(10-20-14)6-2-1-3-7-15/h4-5,8H,1-3,6-7,9-10H2,(H,18,19). The molecule has 3 rings (SSSR count). The van der Waals surface area contributed by atoms with E-state index in [1.165, 1.54) is 38.2 Å². The van der Waals surface area contributed by atoms with Crippen LogP contribution in [-0.2, 0) is 0 Å². The number of thioether (sulfide) groups is 1. The van der Waals surface area contributed by atoms with Crippen molar-refractivity contribution in [3.63, 3.8) is 0 Å². The summed E-state index contributed by atoms with van der Waals surface area (Å²) >= 11 is 7.60. The van der Waals surface area contributed by atoms with Crippen molar-refractivity contribution in [1.29, 1.82) is 0 Å². The molecule has 20 heavy (non-hydrogen) atoms. The molecule has 1 fully saturated rings. The van der Waals surface area contributed by atoms with E-state index in [4.69, 9.17) is 11.6 Å². The van der Waals surface area contributed by atoms with E-state index in [2.05, 4.69) is 10.3 Å². The SMILES string of the molecule is Fc1ccc(Cl)cc1NC1=NCC2(CCCCC2)CS1. The van der Waals surface area contributed by atoms with Crippen LogP contribution in [0.5, 0.6) is 0 Å². The van der Waals surface area contributed by atoms with Crippen LogP contribution < -0.4 is 5.32 Å². The van der Waals surface area contributed by atoms with Gasteiger partial charge in [0.05, 0.1) is 5.69 Å². The number of hydrogen-bond donors (Lipinski definition) is 1. The van der Waals surface area contributed by atoms with E-state index >= 15 is 0 Å². The molecule has 2 nitrogen and oxygen atoms in total. The zero-order chi connectivity index (χ0) is 14.0. The minimum absolute atomic E-state index is 0.296. The van der Waals surface area contributed by atoms with Gasteiger partial charge in [-0.1, -0.05) is 42.6 Å². The molecule has 108 valence electrons. The van der Waals surface area contributed by atoms with Gasteiger partial charge in [-0.25, -0.2) is 4.39 Å². The van der Waals surface area contributed by atoms with E-state index in [-0.39, 0.29) is 5.82 Å². The number of aliphatic imine (C=N–C) groups is 1. The van der Waals surface area contributed by atoms with Crippen LogP contribution in [0, 0.1) is 11.2 Å². The Hall–Kier alpha value is -0.740. The second kappa shape index (κ2) is 5.94. The zero-order valence-electron chi connectivity index (χ0n) is 11.3. The molecular weight excluding hydrogens is 295 g/mol. The van der Waals surface area contributed by atoms with Gasteiger partial charge in [0.2, 0.25) is 0 Å². The zero-order valence-corrected chi connectivity index (χ0v) is 12.9. The number of hydrogen-bond acceptors (Lipinski definition) is 3. The maximum atomic E-state index is 13.7. The first-order valence-electron chi connectivity index (χ1n) is 7.06. The monoisotopic (exact) mass is 312 g/mol. The third kappa shape index (κ3) is 3.12. The second-order valence-electron chi connectivity index (χ2n) is 5.72. The van der Waals surface area contributed by atoms with Crippen molar-refractivity contribution in [2.75, 3.05) is 17.6 Å². The van der Waals surface area contributed by atoms with Crippen molar-refractivity contribution in [3.8, 4) is 0 Å². The Kier molecular flexibility index (Phi) is 4.22. The molecule has 0 bridgehead atoms. The van der Waals surface area contributed by atoms with Crippen molar-refractivity contribution in [3.05, 3.63) is 29.0 Å². The smallest absolute Gasteiger partial charge is 0.161 e. The lowest BCUT2D eigenvalue weighted by Crippen LogP contribution is -2.35. The maximum absolute atomic E-state index is 13.7. The van der Waals surface area contributed by atoms with Gasteiger partial charge in [-0.15, -0.1) is 0 Å². The Labute approximate surface area is 128 Å². The van der Waals surface area contributed by atoms with Crippen molar-refractivity contribution in [1.82, 2.24) is 0 Å². The van der Waals surface area contributed by atoms with Crippen LogP contribution >= 0.6 is 23.4 Å². The quantitative estimate of drug-likeness (QED) is 0.794. The fourth-order valence-corrected chi connectivity index (χ4v) is 4.27. The molecule has 1 heterocycles. The predicted octanol–water partition coefficient (Wildman–Crippen LogP) is 4.94. The van der Waals surface area contributed by atoms with Crippen LogP contribution in [0.25, 0.3) is 0 Å². The van der Waals surface area contributed by atoms with Crippen molar-refractivity contribution in [2.24, 2.45) is 10.4 Å². The number of nitrogens with one attached hydrogen (secondary N) is 1. The van der Waals surface area contributed by atoms with Crippen LogP contribution in [0.4, 0.5) is 10.1 Å². The molecule has 1 spiro atoms. The fraction of sp³-hybridized carbons (Fsp3) is 0.533. The Morgan fingerprint density at radius 3 is 2.75 bits per heavy atom. The van der Waals surface area contributed by atoms with E-state index in [1.54, 1.807) is 23.9 Å². The second-order valence-corrected chi connectivity index (χ2v) is 7.12. The molecule has 1 aromatic carbocycles. The summed E-state index contributed by atoms with van der Waals surface area (Å²) in [5.74, 6) is 0.789. The van der Waals surface area contributed by atoms with Gasteiger partial charge < -0.3 is 5.32 Å². The summed E-state index contributed by atoms with van der Waals surface area (Å²) < 4.78 is 13.7. The molecule has 0 amide bonds. The summed E-state index contributed by atoms with van der Waals surface area (Å²) in [4.78, 5) is 4.63. The summed E-state index contributed by atoms with van der Waals surface area (Å²) in [5, 5.41) is 4.40. The maximum Gasteiger partial charge on any atom is 0.161 e. The molecule has 1 aliphatic carbocycles. The summed E-state index contributed by atoms with van der Waals surface area (Å²) in [5.41, 5.74) is 0.796. The molecule has 0 unspecified atom stereocenters. The van der Waals surface area contributed by atoms with Gasteiger partial charge in [0.25, 0.3) is 0 Å². The lowest BCUT2D eigenvalue weighted by atomic mass is 9.75. The molecule has 1 aromatic rings. The first-order valence-corrected chi connectivity index (χ1v) is 8.43. The summed E-state index contributed by atoms with van der Waals surface area (Å²) in [7, 11) is 0. The molecule has 5 heteroatoms. The Morgan fingerprint density at radius 1 is 1.25 bits per heavy atom. The first-order chi connectivity index (χ1) is 9.67. The highest BCUT2D eigenvalue weighted by Crippen LogP contribution is 2.42. The Balaban J connectivity index is 1.69. The summed E-state index contributed by atoms with van der Waals surface area (Å²) in [6.07, 6.45) is 6.56. The van der Waals surface area contributed by atoms with Gasteiger partial charge in [-0.2, -0.15) is 0 Å². The number of nitrogens with zero attached hydrogens (tertiary/aromatic N) is 1. The van der Waals surface area contributed by atoms with Crippen LogP contribution in [0.2, 0.25) is 5.02 Å². The number of rotatable bonds is 1. The van der Waals surface area contributed by atoms with E-state index in [9.17, 15) is 4.39 Å². The molecule has 0 atom stereocenters. The van der Waals surface area contributed by atoms with E-state index in [0.29, 0.717) is 16.1 Å². The van der Waals surface area contributed by atoms with Crippen LogP contribution in [0.15, 0.2) is 23.2 Å². The largest absolute Gasteiger partial charge is 0.333 e. The Bertz CT molecular complexity index is 527. The van der Waals surface area contributed by atoms with Gasteiger partial charge in [0.1, 0.15) is 5.82 Å². The van der Waals surface area contributed by atoms with Crippen LogP contribution in [0.3, 0.4) is 0 Å². The molecule has 1 saturated carbocycles. The normalized spacial score (nSPS) is 21.6. The lowest BCUT2D eigenvalue weighted by Gasteiger charge is -2.38. The highest BCUT2D eigenvalue weighted by atomic mass is 35.5. The minimum atomic E-state index is -0.296. The van der Waals surface area contributed by atoms with E-state index in [0.717, 1.165) is 17.5 Å². The lowest BCUT2D eigenvalue weighted by molar-refractivity contribution is 0.232. The van der Waals surface area contributed by atoms with Crippen molar-refractivity contribution >= 4 is 34.2 Å². The van der Waals surface area contributed by atoms with Crippen LogP contribution in [-0.4, -0.2) is 17.5 Å². The van der Waals surface area contributed by atoms with Crippen molar-refractivity contribution < 1.29 is 4.39 Å². The minimum Gasteiger partial charge on any atom is -0.333 e. The van der Waals surface area contributed by atoms with Gasteiger partial charge in [-0.3, -0.25) is 4.99 Å². The number of halogens is 2. The third-order valence-corrected chi connectivity index (χ3v) is 5.65. The van der Waals surface area contributed by atoms with Crippen molar-refractivity contribution in [2.45, 2.75) is 32.1 Å². The topological polar surface area (TPSA) is 24.4 Å². The van der Waals surface area contributed by atoms with Gasteiger partial charge >= 0.3 is 0 Å². The Morgan fingerprint density at radius 2 is 2.05 bits per heavy atom. The molecule has 0 saturated heterocycles. The molecule has 1 N–H and O–H groups in total. The van der Waals surface area contributed by atoms with E-state index < -0.39 is 0 Å². The van der Waals surface area contributed by atoms with Gasteiger partial charge in [-0.05, 0) is 36.5 Å². The van der Waals surface area contributed by atoms with E-state index in [1.807, 2.05) is 0 Å². The summed E-state index contributed by atoms with van der Waals surface area (Å²) in [6, 6.07) is 4.53. The molecular formula is C15H18ClFN2S. The van der Waals surface area contributed by atoms with Gasteiger partial charge in [0, 0.05) is 17.3 Å². The average molecular weight is 313 g/mol. The van der Waals surface area contributed by atoms with Gasteiger partial charge in [0.15, 0.2) is 5.17 Å².